The number of amides is 1. The number of pyridine rings is 1. The molecule has 21 heteroatoms. The van der Waals surface area contributed by atoms with Crippen LogP contribution in [-0.2, 0) is 32.8 Å². The van der Waals surface area contributed by atoms with Gasteiger partial charge >= 0.3 is 36.4 Å². The van der Waals surface area contributed by atoms with Crippen LogP contribution in [0.5, 0.6) is 0 Å². The lowest BCUT2D eigenvalue weighted by molar-refractivity contribution is -0.193. The number of carboxylic acid groups (broad SMARTS) is 3. The highest BCUT2D eigenvalue weighted by molar-refractivity contribution is 5.85. The van der Waals surface area contributed by atoms with Gasteiger partial charge in [0.1, 0.15) is 0 Å². The molecule has 2 aliphatic rings. The van der Waals surface area contributed by atoms with Crippen LogP contribution in [0.2, 0.25) is 0 Å². The average Bonchev–Trinajstić information content (AvgIpc) is 3.50. The Morgan fingerprint density at radius 2 is 1.39 bits per heavy atom. The van der Waals surface area contributed by atoms with Gasteiger partial charge in [-0.2, -0.15) is 44.6 Å². The van der Waals surface area contributed by atoms with E-state index in [1.807, 2.05) is 42.1 Å². The summed E-state index contributed by atoms with van der Waals surface area (Å²) >= 11 is 0. The number of aliphatic carboxylic acids is 3. The van der Waals surface area contributed by atoms with Crippen LogP contribution in [0.4, 0.5) is 39.5 Å². The first kappa shape index (κ1) is 39.6. The average molecular weight is 682 g/mol. The predicted molar refractivity (Wildman–Crippen MR) is 136 cm³/mol. The first-order valence-corrected chi connectivity index (χ1v) is 12.7. The molecule has 0 unspecified atom stereocenters. The third-order valence-corrected chi connectivity index (χ3v) is 6.57. The minimum atomic E-state index is -5.08. The number of carbonyl (C=O) groups excluding carboxylic acids is 1. The number of likely N-dealkylation sites (tertiary alicyclic amines) is 2. The number of alkyl halides is 9. The van der Waals surface area contributed by atoms with Gasteiger partial charge in [0.05, 0.1) is 5.41 Å². The second-order valence-corrected chi connectivity index (χ2v) is 9.86. The fourth-order valence-corrected chi connectivity index (χ4v) is 4.67. The number of aromatic nitrogens is 3. The van der Waals surface area contributed by atoms with Gasteiger partial charge in [0, 0.05) is 70.5 Å². The molecule has 4 rings (SSSR count). The summed E-state index contributed by atoms with van der Waals surface area (Å²) in [6, 6.07) is 6.15. The van der Waals surface area contributed by atoms with Gasteiger partial charge in [-0.05, 0) is 30.5 Å². The molecule has 0 aliphatic carbocycles. The molecule has 3 N–H and O–H groups in total. The Morgan fingerprint density at radius 1 is 0.891 bits per heavy atom. The molecule has 2 aromatic rings. The minimum Gasteiger partial charge on any atom is -0.475 e. The van der Waals surface area contributed by atoms with Crippen molar-refractivity contribution < 1.29 is 74.0 Å². The van der Waals surface area contributed by atoms with Gasteiger partial charge < -0.3 is 20.2 Å². The van der Waals surface area contributed by atoms with Crippen LogP contribution in [0.3, 0.4) is 0 Å². The Hall–Kier alpha value is -4.43. The quantitative estimate of drug-likeness (QED) is 0.408. The lowest BCUT2D eigenvalue weighted by Crippen LogP contribution is -2.50. The van der Waals surface area contributed by atoms with Crippen molar-refractivity contribution in [2.45, 2.75) is 43.8 Å². The maximum absolute atomic E-state index is 13.2. The smallest absolute Gasteiger partial charge is 0.475 e. The molecule has 2 aliphatic heterocycles. The Bertz CT molecular complexity index is 1280. The monoisotopic (exact) mass is 681 g/mol. The number of hydrogen-bond donors (Lipinski definition) is 3. The molecular formula is C25H28F9N5O7. The molecule has 1 spiro atoms. The van der Waals surface area contributed by atoms with E-state index in [0.717, 1.165) is 44.7 Å². The van der Waals surface area contributed by atoms with Crippen LogP contribution in [-0.4, -0.2) is 109 Å². The molecule has 2 fully saturated rings. The van der Waals surface area contributed by atoms with Crippen molar-refractivity contribution >= 4 is 23.8 Å². The third-order valence-electron chi connectivity index (χ3n) is 6.57. The number of halogens is 9. The molecule has 1 amide bonds. The topological polar surface area (TPSA) is 166 Å². The second-order valence-electron chi connectivity index (χ2n) is 9.86. The highest BCUT2D eigenvalue weighted by Gasteiger charge is 2.55. The zero-order valence-corrected chi connectivity index (χ0v) is 23.9. The fourth-order valence-electron chi connectivity index (χ4n) is 4.67. The van der Waals surface area contributed by atoms with Crippen molar-refractivity contribution in [1.82, 2.24) is 24.6 Å². The molecule has 2 saturated heterocycles. The van der Waals surface area contributed by atoms with Gasteiger partial charge in [0.25, 0.3) is 0 Å². The van der Waals surface area contributed by atoms with Crippen LogP contribution in [0.25, 0.3) is 0 Å². The second kappa shape index (κ2) is 15.7. The lowest BCUT2D eigenvalue weighted by Gasteiger charge is -2.41. The van der Waals surface area contributed by atoms with Crippen molar-refractivity contribution in [3.05, 3.63) is 48.0 Å². The van der Waals surface area contributed by atoms with E-state index in [4.69, 9.17) is 29.7 Å². The Kier molecular flexibility index (Phi) is 13.5. The minimum absolute atomic E-state index is 0.187. The van der Waals surface area contributed by atoms with Crippen LogP contribution < -0.4 is 0 Å². The molecule has 258 valence electrons. The lowest BCUT2D eigenvalue weighted by atomic mass is 9.70. The van der Waals surface area contributed by atoms with Gasteiger partial charge in [-0.1, -0.05) is 6.07 Å². The number of hydrogen-bond acceptors (Lipinski definition) is 7. The summed E-state index contributed by atoms with van der Waals surface area (Å²) in [5.41, 5.74) is 2.03. The van der Waals surface area contributed by atoms with Gasteiger partial charge in [-0.25, -0.2) is 14.4 Å². The van der Waals surface area contributed by atoms with Crippen molar-refractivity contribution in [3.8, 4) is 0 Å². The van der Waals surface area contributed by atoms with Crippen molar-refractivity contribution in [2.75, 3.05) is 26.7 Å². The first-order chi connectivity index (χ1) is 20.9. The molecule has 0 bridgehead atoms. The number of aryl methyl sites for hydroxylation is 1. The van der Waals surface area contributed by atoms with Crippen LogP contribution >= 0.6 is 0 Å². The normalized spacial score (nSPS) is 20.0. The highest BCUT2D eigenvalue weighted by Crippen LogP contribution is 2.49. The predicted octanol–water partition coefficient (Wildman–Crippen LogP) is 3.55. The van der Waals surface area contributed by atoms with Crippen LogP contribution in [0.15, 0.2) is 36.8 Å². The largest absolute Gasteiger partial charge is 0.490 e. The van der Waals surface area contributed by atoms with E-state index in [-0.39, 0.29) is 11.3 Å². The first-order valence-electron chi connectivity index (χ1n) is 12.7. The zero-order chi connectivity index (χ0) is 35.7. The Labute approximate surface area is 254 Å². The number of rotatable bonds is 3. The molecule has 2 aromatic heterocycles. The molecule has 0 radical (unpaired) electrons. The van der Waals surface area contributed by atoms with Gasteiger partial charge in [0.2, 0.25) is 5.91 Å². The van der Waals surface area contributed by atoms with Gasteiger partial charge in [-0.15, -0.1) is 0 Å². The van der Waals surface area contributed by atoms with E-state index in [1.165, 1.54) is 5.56 Å². The number of piperidine rings is 1. The van der Waals surface area contributed by atoms with E-state index in [9.17, 15) is 44.3 Å². The molecule has 4 heterocycles. The molecule has 12 nitrogen and oxygen atoms in total. The van der Waals surface area contributed by atoms with E-state index < -0.39 is 36.4 Å². The van der Waals surface area contributed by atoms with Crippen molar-refractivity contribution in [1.29, 1.82) is 0 Å². The van der Waals surface area contributed by atoms with Gasteiger partial charge in [-0.3, -0.25) is 19.4 Å². The SMILES string of the molecule is CN1CCC[C@]2(CN(Cc3cccnc3)C[C@H]2c2ccnn2C)C1=O.O=C(O)C(F)(F)F.O=C(O)C(F)(F)F.O=C(O)C(F)(F)F. The van der Waals surface area contributed by atoms with E-state index in [1.54, 1.807) is 6.20 Å². The summed E-state index contributed by atoms with van der Waals surface area (Å²) in [5.74, 6) is -7.79. The third kappa shape index (κ3) is 11.5. The Balaban J connectivity index is 0.000000413. The van der Waals surface area contributed by atoms with Crippen LogP contribution in [0.1, 0.15) is 30.0 Å². The van der Waals surface area contributed by atoms with Crippen LogP contribution in [0, 0.1) is 5.41 Å². The maximum atomic E-state index is 13.2. The summed E-state index contributed by atoms with van der Waals surface area (Å²) in [4.78, 5) is 48.5. The highest BCUT2D eigenvalue weighted by atomic mass is 19.4. The van der Waals surface area contributed by atoms with Crippen molar-refractivity contribution in [2.24, 2.45) is 12.5 Å². The van der Waals surface area contributed by atoms with E-state index in [0.29, 0.717) is 5.91 Å². The Morgan fingerprint density at radius 3 is 1.78 bits per heavy atom. The van der Waals surface area contributed by atoms with Gasteiger partial charge in [0.15, 0.2) is 0 Å². The molecule has 46 heavy (non-hydrogen) atoms. The number of carbonyl (C=O) groups is 4. The molecular weight excluding hydrogens is 653 g/mol. The van der Waals surface area contributed by atoms with E-state index in [2.05, 4.69) is 27.1 Å². The number of nitrogens with zero attached hydrogens (tertiary/aromatic N) is 5. The molecule has 0 aromatic carbocycles. The summed E-state index contributed by atoms with van der Waals surface area (Å²) in [7, 11) is 3.91. The summed E-state index contributed by atoms with van der Waals surface area (Å²) in [6.07, 6.45) is -7.68. The fraction of sp³-hybridized carbons (Fsp3) is 0.520. The summed E-state index contributed by atoms with van der Waals surface area (Å²) < 4.78 is 97.1. The summed E-state index contributed by atoms with van der Waals surface area (Å²) in [5, 5.41) is 25.7. The standard InChI is InChI=1S/C19H25N5O.3C2HF3O2/c1-22-10-4-7-19(18(22)25)14-24(12-15-5-3-8-20-11-15)13-16(19)17-6-9-21-23(17)2;3*3-2(4,5)1(6)7/h3,5-6,8-9,11,16H,4,7,10,12-14H2,1-2H3;3*(H,6,7)/t16-,19+;;;/m0.../s1. The molecule has 0 saturated carbocycles. The summed E-state index contributed by atoms with van der Waals surface area (Å²) in [6.45, 7) is 3.39. The number of carboxylic acids is 3. The maximum Gasteiger partial charge on any atom is 0.490 e. The van der Waals surface area contributed by atoms with E-state index >= 15 is 0 Å². The molecule has 2 atom stereocenters. The zero-order valence-electron chi connectivity index (χ0n) is 23.9. The van der Waals surface area contributed by atoms with Crippen molar-refractivity contribution in [3.63, 3.8) is 0 Å².